The molecule has 0 rings (SSSR count). The van der Waals surface area contributed by atoms with E-state index in [2.05, 4.69) is 39.3 Å². The Morgan fingerprint density at radius 3 is 1.19 bits per heavy atom. The van der Waals surface area contributed by atoms with Gasteiger partial charge in [0.15, 0.2) is 16.6 Å². The molecule has 4 nitrogen and oxygen atoms in total. The van der Waals surface area contributed by atoms with E-state index in [0.717, 1.165) is 21.0 Å². The Labute approximate surface area is 113 Å². The summed E-state index contributed by atoms with van der Waals surface area (Å²) < 4.78 is 20.7. The van der Waals surface area contributed by atoms with E-state index >= 15 is 0 Å². The highest BCUT2D eigenvalue weighted by atomic mass is 28.4. The smallest absolute Gasteiger partial charge is 0.284 e. The van der Waals surface area contributed by atoms with Gasteiger partial charge in [-0.2, -0.15) is 0 Å². The first-order valence-electron chi connectivity index (χ1n) is 5.38. The molecule has 0 aromatic heterocycles. The molecular weight excluding hydrogens is 305 g/mol. The van der Waals surface area contributed by atoms with E-state index in [1.165, 1.54) is 0 Å². The first-order valence-corrected chi connectivity index (χ1v) is 16.1. The molecule has 10 heteroatoms. The van der Waals surface area contributed by atoms with Crippen LogP contribution in [-0.2, 0) is 16.5 Å². The van der Waals surface area contributed by atoms with Gasteiger partial charge in [-0.1, -0.05) is 0 Å². The van der Waals surface area contributed by atoms with Crippen molar-refractivity contribution in [3.8, 4) is 0 Å². The summed E-state index contributed by atoms with van der Waals surface area (Å²) in [6.07, 6.45) is 0. The standard InChI is InChI=1S/C6H18OSi2.H10O3Si4/c1-8(2,3)7-9(4,5)6;4-1-6-3-7-2-5/h1-6H3;6-7H2,4-5H3. The Morgan fingerprint density at radius 2 is 1.06 bits per heavy atom. The normalized spacial score (nSPS) is 13.9. The highest BCUT2D eigenvalue weighted by molar-refractivity contribution is 6.83. The molecule has 0 aliphatic heterocycles. The molecule has 0 unspecified atom stereocenters. The topological polar surface area (TPSA) is 36.9 Å². The summed E-state index contributed by atoms with van der Waals surface area (Å²) in [5, 5.41) is 0. The summed E-state index contributed by atoms with van der Waals surface area (Å²) in [4.78, 5) is 0. The molecular formula is C6H28O4Si6. The minimum atomic E-state index is -1.23. The van der Waals surface area contributed by atoms with Crippen LogP contribution in [0.5, 0.6) is 0 Å². The van der Waals surface area contributed by atoms with E-state index in [4.69, 9.17) is 16.5 Å². The predicted molar refractivity (Wildman–Crippen MR) is 88.0 cm³/mol. The second kappa shape index (κ2) is 10.1. The monoisotopic (exact) mass is 332 g/mol. The molecule has 0 atom stereocenters. The molecule has 0 amide bonds. The van der Waals surface area contributed by atoms with Gasteiger partial charge in [-0.15, -0.1) is 0 Å². The zero-order chi connectivity index (χ0) is 13.2. The van der Waals surface area contributed by atoms with Crippen LogP contribution in [0.4, 0.5) is 0 Å². The van der Waals surface area contributed by atoms with E-state index in [-0.39, 0.29) is 0 Å². The summed E-state index contributed by atoms with van der Waals surface area (Å²) in [5.41, 5.74) is 0. The van der Waals surface area contributed by atoms with E-state index in [1.54, 1.807) is 0 Å². The summed E-state index contributed by atoms with van der Waals surface area (Å²) in [6, 6.07) is 0. The van der Waals surface area contributed by atoms with Crippen molar-refractivity contribution in [1.29, 1.82) is 0 Å². The summed E-state index contributed by atoms with van der Waals surface area (Å²) in [6.45, 7) is 13.4. The fourth-order valence-electron chi connectivity index (χ4n) is 1.12. The van der Waals surface area contributed by atoms with Crippen LogP contribution in [0, 0.1) is 0 Å². The third-order valence-corrected chi connectivity index (χ3v) is 9.13. The molecule has 100 valence electrons. The van der Waals surface area contributed by atoms with E-state index < -0.39 is 36.6 Å². The quantitative estimate of drug-likeness (QED) is 0.428. The Balaban J connectivity index is 0. The second-order valence-corrected chi connectivity index (χ2v) is 21.3. The molecule has 0 aliphatic rings. The maximum Gasteiger partial charge on any atom is 0.284 e. The van der Waals surface area contributed by atoms with Crippen LogP contribution < -0.4 is 0 Å². The lowest BCUT2D eigenvalue weighted by molar-refractivity contribution is 0.443. The molecule has 0 bridgehead atoms. The van der Waals surface area contributed by atoms with Gasteiger partial charge in [0.1, 0.15) is 21.0 Å². The van der Waals surface area contributed by atoms with Crippen molar-refractivity contribution in [3.63, 3.8) is 0 Å². The number of hydrogen-bond donors (Lipinski definition) is 0. The van der Waals surface area contributed by atoms with Crippen molar-refractivity contribution >= 4 is 57.6 Å². The minimum absolute atomic E-state index is 0.569. The van der Waals surface area contributed by atoms with Crippen molar-refractivity contribution in [3.05, 3.63) is 0 Å². The molecule has 0 saturated carbocycles. The minimum Gasteiger partial charge on any atom is -0.456 e. The molecule has 0 N–H and O–H groups in total. The van der Waals surface area contributed by atoms with Gasteiger partial charge < -0.3 is 16.5 Å². The lowest BCUT2D eigenvalue weighted by atomic mass is 11.8. The zero-order valence-electron chi connectivity index (χ0n) is 12.0. The molecule has 0 fully saturated rings. The van der Waals surface area contributed by atoms with Gasteiger partial charge in [0.2, 0.25) is 0 Å². The van der Waals surface area contributed by atoms with Gasteiger partial charge in [0.05, 0.1) is 0 Å². The van der Waals surface area contributed by atoms with Gasteiger partial charge >= 0.3 is 0 Å². The van der Waals surface area contributed by atoms with Crippen LogP contribution in [0.25, 0.3) is 0 Å². The number of rotatable bonds is 6. The average molecular weight is 333 g/mol. The van der Waals surface area contributed by atoms with Crippen LogP contribution in [0.15, 0.2) is 0 Å². The van der Waals surface area contributed by atoms with Crippen molar-refractivity contribution in [1.82, 2.24) is 0 Å². The van der Waals surface area contributed by atoms with Crippen LogP contribution in [0.2, 0.25) is 39.3 Å². The van der Waals surface area contributed by atoms with Crippen LogP contribution in [-0.4, -0.2) is 57.6 Å². The Morgan fingerprint density at radius 1 is 0.750 bits per heavy atom. The summed E-state index contributed by atoms with van der Waals surface area (Å²) in [5.74, 6) is 0. The van der Waals surface area contributed by atoms with E-state index in [1.807, 2.05) is 0 Å². The van der Waals surface area contributed by atoms with Crippen LogP contribution >= 0.6 is 0 Å². The molecule has 0 saturated heterocycles. The van der Waals surface area contributed by atoms with Crippen LogP contribution in [0.3, 0.4) is 0 Å². The number of hydrogen-bond acceptors (Lipinski definition) is 4. The molecule has 0 radical (unpaired) electrons. The molecule has 0 spiro atoms. The molecule has 16 heavy (non-hydrogen) atoms. The fraction of sp³-hybridized carbons (Fsp3) is 1.00. The fourth-order valence-corrected chi connectivity index (χ4v) is 13.1. The molecule has 0 aromatic carbocycles. The predicted octanol–water partition coefficient (Wildman–Crippen LogP) is -1.73. The SMILES string of the molecule is C[Si](C)(C)O[Si](C)(C)C.[SiH3]O[SiH2]O[SiH2]O[SiH3]. The second-order valence-electron chi connectivity index (χ2n) is 5.34. The Kier molecular flexibility index (Phi) is 12.3. The average Bonchev–Trinajstić information content (AvgIpc) is 1.99. The van der Waals surface area contributed by atoms with E-state index in [9.17, 15) is 0 Å². The van der Waals surface area contributed by atoms with Crippen molar-refractivity contribution in [2.24, 2.45) is 0 Å². The first kappa shape index (κ1) is 19.5. The van der Waals surface area contributed by atoms with Crippen molar-refractivity contribution in [2.75, 3.05) is 0 Å². The Bertz CT molecular complexity index is 140. The van der Waals surface area contributed by atoms with Crippen molar-refractivity contribution in [2.45, 2.75) is 39.3 Å². The van der Waals surface area contributed by atoms with Gasteiger partial charge in [0, 0.05) is 0 Å². The highest BCUT2D eigenvalue weighted by Gasteiger charge is 2.24. The lowest BCUT2D eigenvalue weighted by Gasteiger charge is -2.27. The zero-order valence-corrected chi connectivity index (χ0v) is 20.9. The van der Waals surface area contributed by atoms with Crippen molar-refractivity contribution < 1.29 is 16.5 Å². The third-order valence-electron chi connectivity index (χ3n) is 1.01. The molecule has 0 aromatic rings. The summed E-state index contributed by atoms with van der Waals surface area (Å²) >= 11 is 0. The summed E-state index contributed by atoms with van der Waals surface area (Å²) in [7, 11) is -1.96. The van der Waals surface area contributed by atoms with Gasteiger partial charge in [-0.05, 0) is 39.3 Å². The third kappa shape index (κ3) is 24.4. The maximum absolute atomic E-state index is 5.90. The van der Waals surface area contributed by atoms with Crippen LogP contribution in [0.1, 0.15) is 0 Å². The van der Waals surface area contributed by atoms with Gasteiger partial charge in [-0.3, -0.25) is 0 Å². The highest BCUT2D eigenvalue weighted by Crippen LogP contribution is 2.12. The first-order chi connectivity index (χ1) is 7.12. The molecule has 0 aliphatic carbocycles. The van der Waals surface area contributed by atoms with Gasteiger partial charge in [0.25, 0.3) is 20.0 Å². The molecule has 0 heterocycles. The van der Waals surface area contributed by atoms with Gasteiger partial charge in [-0.25, -0.2) is 0 Å². The van der Waals surface area contributed by atoms with E-state index in [0.29, 0.717) is 0 Å². The Hall–Kier alpha value is 1.14. The largest absolute Gasteiger partial charge is 0.456 e. The lowest BCUT2D eigenvalue weighted by Crippen LogP contribution is -2.39. The maximum atomic E-state index is 5.90.